The highest BCUT2D eigenvalue weighted by atomic mass is 35.5. The van der Waals surface area contributed by atoms with Crippen molar-refractivity contribution in [3.8, 4) is 0 Å². The normalized spacial score (nSPS) is 8.86. The molecule has 1 heterocycles. The summed E-state index contributed by atoms with van der Waals surface area (Å²) in [4.78, 5) is 14.3. The van der Waals surface area contributed by atoms with Crippen molar-refractivity contribution >= 4 is 24.2 Å². The fourth-order valence-corrected chi connectivity index (χ4v) is 0.863. The molecular formula is C9H11ClN2O2. The Morgan fingerprint density at radius 1 is 1.57 bits per heavy atom. The summed E-state index contributed by atoms with van der Waals surface area (Å²) in [6.07, 6.45) is 1.84. The topological polar surface area (TPSA) is 76.2 Å². The van der Waals surface area contributed by atoms with E-state index in [9.17, 15) is 4.79 Å². The summed E-state index contributed by atoms with van der Waals surface area (Å²) >= 11 is 0. The van der Waals surface area contributed by atoms with Crippen molar-refractivity contribution in [2.45, 2.75) is 6.42 Å². The summed E-state index contributed by atoms with van der Waals surface area (Å²) < 4.78 is 0. The van der Waals surface area contributed by atoms with Crippen molar-refractivity contribution in [1.82, 2.24) is 4.98 Å². The molecule has 0 saturated heterocycles. The van der Waals surface area contributed by atoms with Crippen LogP contribution in [0.15, 0.2) is 30.5 Å². The third kappa shape index (κ3) is 3.45. The van der Waals surface area contributed by atoms with E-state index in [1.807, 2.05) is 0 Å². The number of hydrogen-bond acceptors (Lipinski definition) is 3. The molecule has 0 unspecified atom stereocenters. The number of nitrogens with two attached hydrogens (primary N) is 1. The first-order valence-corrected chi connectivity index (χ1v) is 3.71. The number of rotatable bonds is 3. The second-order valence-electron chi connectivity index (χ2n) is 2.68. The molecule has 0 aliphatic rings. The van der Waals surface area contributed by atoms with Crippen LogP contribution in [0.3, 0.4) is 0 Å². The number of hydrogen-bond donors (Lipinski definition) is 2. The highest BCUT2D eigenvalue weighted by Gasteiger charge is 2.04. The zero-order chi connectivity index (χ0) is 9.84. The van der Waals surface area contributed by atoms with Gasteiger partial charge in [0.25, 0.3) is 0 Å². The van der Waals surface area contributed by atoms with E-state index >= 15 is 0 Å². The van der Waals surface area contributed by atoms with Crippen molar-refractivity contribution in [3.05, 3.63) is 36.0 Å². The molecule has 0 spiro atoms. The number of aliphatic carboxylic acids is 1. The van der Waals surface area contributed by atoms with Gasteiger partial charge < -0.3 is 10.8 Å². The number of carbonyl (C=O) groups is 1. The number of carboxylic acid groups (broad SMARTS) is 1. The maximum absolute atomic E-state index is 10.4. The standard InChI is InChI=1S/C9H10N2O2.ClH/c1-6(9(12)13)4-7-2-3-8(10)11-5-7;/h2-3,5H,1,4H2,(H2,10,11)(H,12,13);1H. The van der Waals surface area contributed by atoms with E-state index < -0.39 is 5.97 Å². The molecular weight excluding hydrogens is 204 g/mol. The molecule has 0 atom stereocenters. The summed E-state index contributed by atoms with van der Waals surface area (Å²) in [5.41, 5.74) is 6.31. The summed E-state index contributed by atoms with van der Waals surface area (Å²) in [5, 5.41) is 8.55. The highest BCUT2D eigenvalue weighted by molar-refractivity contribution is 5.86. The number of halogens is 1. The molecule has 1 aromatic rings. The van der Waals surface area contributed by atoms with Gasteiger partial charge >= 0.3 is 5.97 Å². The number of anilines is 1. The van der Waals surface area contributed by atoms with Gasteiger partial charge in [-0.25, -0.2) is 9.78 Å². The number of nitrogen functional groups attached to an aromatic ring is 1. The largest absolute Gasteiger partial charge is 0.478 e. The molecule has 5 heteroatoms. The van der Waals surface area contributed by atoms with E-state index in [2.05, 4.69) is 11.6 Å². The molecule has 0 aliphatic carbocycles. The van der Waals surface area contributed by atoms with Gasteiger partial charge in [-0.2, -0.15) is 0 Å². The minimum atomic E-state index is -0.989. The summed E-state index contributed by atoms with van der Waals surface area (Å²) in [6.45, 7) is 3.41. The molecule has 3 N–H and O–H groups in total. The van der Waals surface area contributed by atoms with E-state index in [1.165, 1.54) is 0 Å². The Morgan fingerprint density at radius 3 is 2.64 bits per heavy atom. The van der Waals surface area contributed by atoms with Gasteiger partial charge in [0.2, 0.25) is 0 Å². The maximum atomic E-state index is 10.4. The van der Waals surface area contributed by atoms with Gasteiger partial charge in [-0.15, -0.1) is 12.4 Å². The predicted octanol–water partition coefficient (Wildman–Crippen LogP) is 1.27. The Morgan fingerprint density at radius 2 is 2.21 bits per heavy atom. The fraction of sp³-hybridized carbons (Fsp3) is 0.111. The molecule has 1 aromatic heterocycles. The van der Waals surface area contributed by atoms with E-state index in [1.54, 1.807) is 18.3 Å². The predicted molar refractivity (Wildman–Crippen MR) is 56.4 cm³/mol. The summed E-state index contributed by atoms with van der Waals surface area (Å²) in [7, 11) is 0. The van der Waals surface area contributed by atoms with Gasteiger partial charge in [-0.05, 0) is 11.6 Å². The average molecular weight is 215 g/mol. The van der Waals surface area contributed by atoms with Crippen molar-refractivity contribution in [3.63, 3.8) is 0 Å². The Balaban J connectivity index is 0.00000169. The Hall–Kier alpha value is -1.55. The second kappa shape index (κ2) is 5.24. The molecule has 0 saturated carbocycles. The minimum Gasteiger partial charge on any atom is -0.478 e. The number of pyridine rings is 1. The van der Waals surface area contributed by atoms with Crippen LogP contribution in [0.4, 0.5) is 5.82 Å². The van der Waals surface area contributed by atoms with Gasteiger partial charge in [0, 0.05) is 18.2 Å². The first-order chi connectivity index (χ1) is 6.09. The van der Waals surface area contributed by atoms with Crippen molar-refractivity contribution in [2.75, 3.05) is 5.73 Å². The molecule has 1 rings (SSSR count). The SMILES string of the molecule is C=C(Cc1ccc(N)nc1)C(=O)O.Cl. The zero-order valence-electron chi connectivity index (χ0n) is 7.43. The van der Waals surface area contributed by atoms with Gasteiger partial charge in [-0.3, -0.25) is 0 Å². The molecule has 4 nitrogen and oxygen atoms in total. The van der Waals surface area contributed by atoms with Crippen LogP contribution in [-0.4, -0.2) is 16.1 Å². The molecule has 0 radical (unpaired) electrons. The van der Waals surface area contributed by atoms with Crippen LogP contribution in [-0.2, 0) is 11.2 Å². The molecule has 14 heavy (non-hydrogen) atoms. The third-order valence-corrected chi connectivity index (χ3v) is 1.57. The molecule has 0 aliphatic heterocycles. The fourth-order valence-electron chi connectivity index (χ4n) is 0.863. The highest BCUT2D eigenvalue weighted by Crippen LogP contribution is 2.06. The third-order valence-electron chi connectivity index (χ3n) is 1.57. The van der Waals surface area contributed by atoms with Crippen LogP contribution in [0.2, 0.25) is 0 Å². The van der Waals surface area contributed by atoms with Crippen molar-refractivity contribution < 1.29 is 9.90 Å². The Labute approximate surface area is 87.9 Å². The lowest BCUT2D eigenvalue weighted by Gasteiger charge is -2.00. The van der Waals surface area contributed by atoms with E-state index in [-0.39, 0.29) is 18.0 Å². The molecule has 0 amide bonds. The smallest absolute Gasteiger partial charge is 0.331 e. The van der Waals surface area contributed by atoms with Crippen LogP contribution in [0.1, 0.15) is 5.56 Å². The molecule has 0 fully saturated rings. The van der Waals surface area contributed by atoms with Crippen LogP contribution in [0.25, 0.3) is 0 Å². The van der Waals surface area contributed by atoms with E-state index in [4.69, 9.17) is 10.8 Å². The summed E-state index contributed by atoms with van der Waals surface area (Å²) in [6, 6.07) is 3.36. The van der Waals surface area contributed by atoms with Crippen LogP contribution >= 0.6 is 12.4 Å². The van der Waals surface area contributed by atoms with E-state index in [0.29, 0.717) is 12.2 Å². The maximum Gasteiger partial charge on any atom is 0.331 e. The summed E-state index contributed by atoms with van der Waals surface area (Å²) in [5.74, 6) is -0.568. The quantitative estimate of drug-likeness (QED) is 0.743. The van der Waals surface area contributed by atoms with Gasteiger partial charge in [-0.1, -0.05) is 12.6 Å². The molecule has 0 bridgehead atoms. The monoisotopic (exact) mass is 214 g/mol. The van der Waals surface area contributed by atoms with Crippen molar-refractivity contribution in [2.24, 2.45) is 0 Å². The van der Waals surface area contributed by atoms with Crippen molar-refractivity contribution in [1.29, 1.82) is 0 Å². The number of nitrogens with zero attached hydrogens (tertiary/aromatic N) is 1. The Kier molecular flexibility index (Phi) is 4.66. The molecule has 0 aromatic carbocycles. The van der Waals surface area contributed by atoms with Crippen LogP contribution < -0.4 is 5.73 Å². The Bertz CT molecular complexity index is 335. The second-order valence-corrected chi connectivity index (χ2v) is 2.68. The van der Waals surface area contributed by atoms with E-state index in [0.717, 1.165) is 5.56 Å². The number of aromatic nitrogens is 1. The lowest BCUT2D eigenvalue weighted by Crippen LogP contribution is -2.02. The average Bonchev–Trinajstić information content (AvgIpc) is 2.08. The lowest BCUT2D eigenvalue weighted by atomic mass is 10.1. The molecule has 76 valence electrons. The lowest BCUT2D eigenvalue weighted by molar-refractivity contribution is -0.132. The minimum absolute atomic E-state index is 0. The van der Waals surface area contributed by atoms with Gasteiger partial charge in [0.05, 0.1) is 0 Å². The first-order valence-electron chi connectivity index (χ1n) is 3.71. The number of carboxylic acids is 1. The van der Waals surface area contributed by atoms with Crippen LogP contribution in [0.5, 0.6) is 0 Å². The zero-order valence-corrected chi connectivity index (χ0v) is 8.25. The van der Waals surface area contributed by atoms with Gasteiger partial charge in [0.15, 0.2) is 0 Å². The first kappa shape index (κ1) is 12.4. The van der Waals surface area contributed by atoms with Gasteiger partial charge in [0.1, 0.15) is 5.82 Å². The van der Waals surface area contributed by atoms with Crippen LogP contribution in [0, 0.1) is 0 Å².